The normalized spacial score (nSPS) is 18.7. The largest absolute Gasteiger partial charge is 0.332 e. The molecule has 1 unspecified atom stereocenters. The topological polar surface area (TPSA) is 73.8 Å². The maximum absolute atomic E-state index is 12.4. The van der Waals surface area contributed by atoms with E-state index in [1.165, 1.54) is 11.6 Å². The minimum Gasteiger partial charge on any atom is -0.312 e. The van der Waals surface area contributed by atoms with E-state index in [2.05, 4.69) is 24.1 Å². The Hall–Kier alpha value is -1.89. The van der Waals surface area contributed by atoms with Gasteiger partial charge in [-0.1, -0.05) is 13.8 Å². The quantitative estimate of drug-likeness (QED) is 0.897. The molecule has 2 aromatic rings. The van der Waals surface area contributed by atoms with Crippen LogP contribution in [0.1, 0.15) is 38.6 Å². The second kappa shape index (κ2) is 5.39. The lowest BCUT2D eigenvalue weighted by Gasteiger charge is -2.16. The third-order valence-corrected chi connectivity index (χ3v) is 4.29. The van der Waals surface area contributed by atoms with Crippen LogP contribution in [0.3, 0.4) is 0 Å². The van der Waals surface area contributed by atoms with Gasteiger partial charge >= 0.3 is 5.69 Å². The molecule has 0 aromatic carbocycles. The van der Waals surface area contributed by atoms with Gasteiger partial charge in [-0.25, -0.2) is 9.78 Å². The zero-order valence-electron chi connectivity index (χ0n) is 13.6. The summed E-state index contributed by atoms with van der Waals surface area (Å²) >= 11 is 0. The smallest absolute Gasteiger partial charge is 0.312 e. The van der Waals surface area contributed by atoms with Crippen molar-refractivity contribution in [3.8, 4) is 0 Å². The highest BCUT2D eigenvalue weighted by Gasteiger charge is 2.26. The molecule has 1 aliphatic rings. The molecule has 3 rings (SSSR count). The molecule has 0 amide bonds. The highest BCUT2D eigenvalue weighted by atomic mass is 16.2. The van der Waals surface area contributed by atoms with Crippen molar-refractivity contribution in [1.29, 1.82) is 0 Å². The van der Waals surface area contributed by atoms with Crippen molar-refractivity contribution >= 4 is 11.2 Å². The van der Waals surface area contributed by atoms with Crippen LogP contribution in [0.2, 0.25) is 0 Å². The molecule has 7 heteroatoms. The lowest BCUT2D eigenvalue weighted by molar-refractivity contribution is 0.479. The maximum Gasteiger partial charge on any atom is 0.332 e. The molecule has 120 valence electrons. The van der Waals surface area contributed by atoms with Crippen molar-refractivity contribution in [1.82, 2.24) is 24.0 Å². The first-order valence-electron chi connectivity index (χ1n) is 7.81. The Bertz CT molecular complexity index is 821. The van der Waals surface area contributed by atoms with E-state index >= 15 is 0 Å². The Labute approximate surface area is 128 Å². The molecule has 0 radical (unpaired) electrons. The SMILES string of the molecule is CC(C)Cn1c(C2CCCN2)nc2c(=O)n(C)c(=O)n(C)c21. The lowest BCUT2D eigenvalue weighted by atomic mass is 10.2. The fraction of sp³-hybridized carbons (Fsp3) is 0.667. The zero-order chi connectivity index (χ0) is 16.0. The average molecular weight is 305 g/mol. The summed E-state index contributed by atoms with van der Waals surface area (Å²) in [6.07, 6.45) is 2.11. The molecular formula is C15H23N5O2. The van der Waals surface area contributed by atoms with Crippen LogP contribution in [-0.2, 0) is 20.6 Å². The van der Waals surface area contributed by atoms with Crippen molar-refractivity contribution in [3.63, 3.8) is 0 Å². The zero-order valence-corrected chi connectivity index (χ0v) is 13.6. The van der Waals surface area contributed by atoms with Crippen LogP contribution in [0.15, 0.2) is 9.59 Å². The lowest BCUT2D eigenvalue weighted by Crippen LogP contribution is -2.37. The minimum absolute atomic E-state index is 0.158. The van der Waals surface area contributed by atoms with Gasteiger partial charge in [0.2, 0.25) is 0 Å². The summed E-state index contributed by atoms with van der Waals surface area (Å²) in [7, 11) is 3.20. The van der Waals surface area contributed by atoms with Crippen LogP contribution in [0, 0.1) is 5.92 Å². The first kappa shape index (κ1) is 15.0. The van der Waals surface area contributed by atoms with E-state index in [1.807, 2.05) is 4.57 Å². The number of rotatable bonds is 3. The first-order valence-corrected chi connectivity index (χ1v) is 7.81. The third kappa shape index (κ3) is 2.20. The molecular weight excluding hydrogens is 282 g/mol. The highest BCUT2D eigenvalue weighted by Crippen LogP contribution is 2.25. The van der Waals surface area contributed by atoms with Gasteiger partial charge in [-0.05, 0) is 25.3 Å². The van der Waals surface area contributed by atoms with Gasteiger partial charge in [0.15, 0.2) is 5.52 Å². The van der Waals surface area contributed by atoms with Crippen molar-refractivity contribution in [3.05, 3.63) is 26.7 Å². The molecule has 1 N–H and O–H groups in total. The van der Waals surface area contributed by atoms with Gasteiger partial charge in [0.05, 0.1) is 6.04 Å². The molecule has 1 fully saturated rings. The molecule has 0 spiro atoms. The molecule has 1 saturated heterocycles. The predicted octanol–water partition coefficient (Wildman–Crippen LogP) is 0.514. The van der Waals surface area contributed by atoms with Crippen molar-refractivity contribution < 1.29 is 0 Å². The first-order chi connectivity index (χ1) is 10.4. The van der Waals surface area contributed by atoms with E-state index in [9.17, 15) is 9.59 Å². The fourth-order valence-electron chi connectivity index (χ4n) is 3.22. The van der Waals surface area contributed by atoms with E-state index in [0.717, 1.165) is 36.3 Å². The number of hydrogen-bond acceptors (Lipinski definition) is 4. The van der Waals surface area contributed by atoms with E-state index in [-0.39, 0.29) is 17.3 Å². The molecule has 0 bridgehead atoms. The Morgan fingerprint density at radius 3 is 2.59 bits per heavy atom. The molecule has 0 aliphatic carbocycles. The number of imidazole rings is 1. The van der Waals surface area contributed by atoms with Crippen LogP contribution in [0.5, 0.6) is 0 Å². The Kier molecular flexibility index (Phi) is 3.68. The Morgan fingerprint density at radius 1 is 1.27 bits per heavy atom. The van der Waals surface area contributed by atoms with Crippen LogP contribution in [0.4, 0.5) is 0 Å². The summed E-state index contributed by atoms with van der Waals surface area (Å²) in [5, 5.41) is 3.44. The summed E-state index contributed by atoms with van der Waals surface area (Å²) in [6, 6.07) is 0.158. The van der Waals surface area contributed by atoms with Gasteiger partial charge in [0, 0.05) is 20.6 Å². The van der Waals surface area contributed by atoms with E-state index < -0.39 is 0 Å². The molecule has 2 aromatic heterocycles. The van der Waals surface area contributed by atoms with E-state index in [1.54, 1.807) is 7.05 Å². The summed E-state index contributed by atoms with van der Waals surface area (Å²) < 4.78 is 4.71. The van der Waals surface area contributed by atoms with Crippen molar-refractivity contribution in [2.45, 2.75) is 39.3 Å². The Balaban J connectivity index is 2.36. The summed E-state index contributed by atoms with van der Waals surface area (Å²) in [4.78, 5) is 29.3. The second-order valence-corrected chi connectivity index (χ2v) is 6.50. The van der Waals surface area contributed by atoms with Crippen molar-refractivity contribution in [2.24, 2.45) is 20.0 Å². The summed E-state index contributed by atoms with van der Waals surface area (Å²) in [5.74, 6) is 1.27. The Morgan fingerprint density at radius 2 is 2.00 bits per heavy atom. The van der Waals surface area contributed by atoms with Crippen LogP contribution >= 0.6 is 0 Å². The monoisotopic (exact) mass is 305 g/mol. The summed E-state index contributed by atoms with van der Waals surface area (Å²) in [6.45, 7) is 5.95. The number of fused-ring (bicyclic) bond motifs is 1. The van der Waals surface area contributed by atoms with Crippen molar-refractivity contribution in [2.75, 3.05) is 6.54 Å². The highest BCUT2D eigenvalue weighted by molar-refractivity contribution is 5.71. The molecule has 0 saturated carbocycles. The van der Waals surface area contributed by atoms with Crippen LogP contribution in [0.25, 0.3) is 11.2 Å². The average Bonchev–Trinajstić information content (AvgIpc) is 3.10. The van der Waals surface area contributed by atoms with Gasteiger partial charge in [-0.2, -0.15) is 0 Å². The number of aryl methyl sites for hydroxylation is 1. The fourth-order valence-corrected chi connectivity index (χ4v) is 3.22. The standard InChI is InChI=1S/C15H23N5O2/c1-9(2)8-20-12(10-6-5-7-16-10)17-11-13(20)18(3)15(22)19(4)14(11)21/h9-10,16H,5-8H2,1-4H3. The van der Waals surface area contributed by atoms with Gasteiger partial charge in [0.25, 0.3) is 5.56 Å². The number of nitrogens with zero attached hydrogens (tertiary/aromatic N) is 4. The maximum atomic E-state index is 12.4. The third-order valence-electron chi connectivity index (χ3n) is 4.29. The number of nitrogens with one attached hydrogen (secondary N) is 1. The number of hydrogen-bond donors (Lipinski definition) is 1. The summed E-state index contributed by atoms with van der Waals surface area (Å²) in [5.41, 5.74) is 0.382. The molecule has 1 atom stereocenters. The molecule has 7 nitrogen and oxygen atoms in total. The predicted molar refractivity (Wildman–Crippen MR) is 85.0 cm³/mol. The van der Waals surface area contributed by atoms with Crippen LogP contribution < -0.4 is 16.6 Å². The van der Waals surface area contributed by atoms with Gasteiger partial charge < -0.3 is 9.88 Å². The van der Waals surface area contributed by atoms with Gasteiger partial charge in [0.1, 0.15) is 11.5 Å². The molecule has 22 heavy (non-hydrogen) atoms. The molecule has 1 aliphatic heterocycles. The van der Waals surface area contributed by atoms with Gasteiger partial charge in [-0.15, -0.1) is 0 Å². The van der Waals surface area contributed by atoms with E-state index in [0.29, 0.717) is 17.1 Å². The second-order valence-electron chi connectivity index (χ2n) is 6.50. The number of aromatic nitrogens is 4. The van der Waals surface area contributed by atoms with Gasteiger partial charge in [-0.3, -0.25) is 13.9 Å². The van der Waals surface area contributed by atoms with Crippen LogP contribution in [-0.4, -0.2) is 25.2 Å². The minimum atomic E-state index is -0.320. The van der Waals surface area contributed by atoms with E-state index in [4.69, 9.17) is 0 Å². The molecule has 3 heterocycles.